The lowest BCUT2D eigenvalue weighted by Crippen LogP contribution is -2.51. The van der Waals surface area contributed by atoms with Gasteiger partial charge in [0.05, 0.1) is 0 Å². The van der Waals surface area contributed by atoms with Crippen LogP contribution in [0.3, 0.4) is 0 Å². The van der Waals surface area contributed by atoms with Crippen molar-refractivity contribution in [1.29, 1.82) is 0 Å². The highest BCUT2D eigenvalue weighted by atomic mass is 16.2. The van der Waals surface area contributed by atoms with E-state index in [1.54, 1.807) is 0 Å². The van der Waals surface area contributed by atoms with Crippen molar-refractivity contribution in [2.75, 3.05) is 0 Å². The van der Waals surface area contributed by atoms with E-state index in [0.717, 1.165) is 29.5 Å². The average Bonchev–Trinajstić information content (AvgIpc) is 3.08. The van der Waals surface area contributed by atoms with Gasteiger partial charge in [-0.15, -0.1) is 0 Å². The lowest BCUT2D eigenvalue weighted by molar-refractivity contribution is -0.126. The van der Waals surface area contributed by atoms with Gasteiger partial charge in [-0.05, 0) is 62.6 Å². The van der Waals surface area contributed by atoms with Crippen molar-refractivity contribution in [2.45, 2.75) is 71.3 Å². The van der Waals surface area contributed by atoms with E-state index in [9.17, 15) is 9.59 Å². The molecule has 2 unspecified atom stereocenters. The number of rotatable bonds is 3. The van der Waals surface area contributed by atoms with Crippen molar-refractivity contribution in [3.63, 3.8) is 0 Å². The maximum atomic E-state index is 13.4. The highest BCUT2D eigenvalue weighted by Crippen LogP contribution is 2.44. The van der Waals surface area contributed by atoms with Gasteiger partial charge in [-0.2, -0.15) is 0 Å². The van der Waals surface area contributed by atoms with Gasteiger partial charge < -0.3 is 5.32 Å². The quantitative estimate of drug-likeness (QED) is 0.864. The van der Waals surface area contributed by atoms with Crippen LogP contribution in [0.5, 0.6) is 0 Å². The Morgan fingerprint density at radius 1 is 1.09 bits per heavy atom. The van der Waals surface area contributed by atoms with Gasteiger partial charge in [-0.3, -0.25) is 9.59 Å². The minimum absolute atomic E-state index is 0.0983. The summed E-state index contributed by atoms with van der Waals surface area (Å²) < 4.78 is 0. The van der Waals surface area contributed by atoms with Crippen LogP contribution in [0.15, 0.2) is 12.1 Å². The molecule has 1 aliphatic carbocycles. The van der Waals surface area contributed by atoms with Gasteiger partial charge in [-0.25, -0.2) is 0 Å². The largest absolute Gasteiger partial charge is 0.342 e. The Kier molecular flexibility index (Phi) is 4.07. The van der Waals surface area contributed by atoms with Crippen molar-refractivity contribution < 1.29 is 9.59 Å². The second kappa shape index (κ2) is 5.77. The Balaban J connectivity index is 2.05. The number of hydrogen-bond donors (Lipinski definition) is 1. The third kappa shape index (κ3) is 2.41. The van der Waals surface area contributed by atoms with E-state index in [1.807, 2.05) is 20.8 Å². The van der Waals surface area contributed by atoms with Crippen LogP contribution in [-0.4, -0.2) is 17.2 Å². The van der Waals surface area contributed by atoms with E-state index >= 15 is 0 Å². The molecule has 2 atom stereocenters. The van der Waals surface area contributed by atoms with E-state index in [0.29, 0.717) is 12.3 Å². The minimum Gasteiger partial charge on any atom is -0.342 e. The summed E-state index contributed by atoms with van der Waals surface area (Å²) in [7, 11) is 0. The maximum absolute atomic E-state index is 13.4. The summed E-state index contributed by atoms with van der Waals surface area (Å²) in [5.41, 5.74) is 3.56. The number of hydrogen-bond acceptors (Lipinski definition) is 2. The molecule has 1 saturated carbocycles. The topological polar surface area (TPSA) is 46.2 Å². The molecule has 1 aliphatic heterocycles. The Hall–Kier alpha value is -1.64. The number of amides is 1. The summed E-state index contributed by atoms with van der Waals surface area (Å²) in [6.45, 7) is 8.11. The molecule has 0 spiro atoms. The third-order valence-corrected chi connectivity index (χ3v) is 5.95. The van der Waals surface area contributed by atoms with Gasteiger partial charge in [0.15, 0.2) is 5.78 Å². The predicted molar refractivity (Wildman–Crippen MR) is 91.5 cm³/mol. The normalized spacial score (nSPS) is 28.4. The summed E-state index contributed by atoms with van der Waals surface area (Å²) in [6.07, 6.45) is 5.14. The zero-order valence-corrected chi connectivity index (χ0v) is 14.7. The maximum Gasteiger partial charge on any atom is 0.235 e. The van der Waals surface area contributed by atoms with Crippen molar-refractivity contribution >= 4 is 11.7 Å². The molecule has 3 heteroatoms. The molecule has 124 valence electrons. The molecule has 0 bridgehead atoms. The summed E-state index contributed by atoms with van der Waals surface area (Å²) in [6, 6.07) is 4.15. The molecule has 2 fully saturated rings. The summed E-state index contributed by atoms with van der Waals surface area (Å²) >= 11 is 0. The van der Waals surface area contributed by atoms with Crippen LogP contribution >= 0.6 is 0 Å². The number of carbonyl (C=O) groups excluding carboxylic acids is 2. The second-order valence-corrected chi connectivity index (χ2v) is 7.41. The van der Waals surface area contributed by atoms with Gasteiger partial charge in [0, 0.05) is 0 Å². The fourth-order valence-corrected chi connectivity index (χ4v) is 4.91. The summed E-state index contributed by atoms with van der Waals surface area (Å²) in [5.74, 6) is -0.318. The van der Waals surface area contributed by atoms with E-state index < -0.39 is 11.5 Å². The van der Waals surface area contributed by atoms with Gasteiger partial charge in [0.1, 0.15) is 11.5 Å². The fraction of sp³-hybridized carbons (Fsp3) is 0.600. The Morgan fingerprint density at radius 3 is 2.17 bits per heavy atom. The number of benzene rings is 1. The Labute approximate surface area is 138 Å². The molecular weight excluding hydrogens is 286 g/mol. The standard InChI is InChI=1S/C20H27NO2/c1-5-20(15-8-6-7-9-15)18(22)17(19(23)21-20)16-13(3)10-12(2)11-14(16)4/h10-11,15,17H,5-9H2,1-4H3,(H,21,23). The molecule has 3 rings (SSSR count). The monoisotopic (exact) mass is 313 g/mol. The number of nitrogens with one attached hydrogen (secondary N) is 1. The first kappa shape index (κ1) is 16.2. The molecule has 1 amide bonds. The van der Waals surface area contributed by atoms with Crippen LogP contribution in [0.4, 0.5) is 0 Å². The first-order valence-corrected chi connectivity index (χ1v) is 8.84. The lowest BCUT2D eigenvalue weighted by Gasteiger charge is -2.33. The van der Waals surface area contributed by atoms with Crippen LogP contribution in [0.25, 0.3) is 0 Å². The van der Waals surface area contributed by atoms with E-state index in [2.05, 4.69) is 24.4 Å². The highest BCUT2D eigenvalue weighted by molar-refractivity contribution is 6.17. The van der Waals surface area contributed by atoms with Crippen LogP contribution < -0.4 is 5.32 Å². The van der Waals surface area contributed by atoms with Crippen molar-refractivity contribution in [2.24, 2.45) is 5.92 Å². The molecule has 0 radical (unpaired) electrons. The van der Waals surface area contributed by atoms with Crippen LogP contribution in [0, 0.1) is 26.7 Å². The van der Waals surface area contributed by atoms with Crippen LogP contribution in [-0.2, 0) is 9.59 Å². The number of Topliss-reactive ketones (excluding diaryl/α,β-unsaturated/α-hetero) is 1. The molecule has 1 saturated heterocycles. The van der Waals surface area contributed by atoms with Crippen LogP contribution in [0.2, 0.25) is 0 Å². The average molecular weight is 313 g/mol. The predicted octanol–water partition coefficient (Wildman–Crippen LogP) is 3.73. The summed E-state index contributed by atoms with van der Waals surface area (Å²) in [4.78, 5) is 26.1. The summed E-state index contributed by atoms with van der Waals surface area (Å²) in [5, 5.41) is 3.14. The third-order valence-electron chi connectivity index (χ3n) is 5.95. The van der Waals surface area contributed by atoms with Gasteiger partial charge in [0.2, 0.25) is 5.91 Å². The molecule has 23 heavy (non-hydrogen) atoms. The van der Waals surface area contributed by atoms with Gasteiger partial charge >= 0.3 is 0 Å². The molecule has 0 aromatic heterocycles. The number of ketones is 1. The first-order valence-electron chi connectivity index (χ1n) is 8.84. The minimum atomic E-state index is -0.637. The van der Waals surface area contributed by atoms with E-state index in [-0.39, 0.29) is 11.7 Å². The SMILES string of the molecule is CCC1(C2CCCC2)NC(=O)C(c2c(C)cc(C)cc2C)C1=O. The number of carbonyl (C=O) groups is 2. The van der Waals surface area contributed by atoms with Crippen molar-refractivity contribution in [1.82, 2.24) is 5.32 Å². The van der Waals surface area contributed by atoms with E-state index in [1.165, 1.54) is 18.4 Å². The Bertz CT molecular complexity index is 635. The highest BCUT2D eigenvalue weighted by Gasteiger charge is 2.56. The molecule has 3 nitrogen and oxygen atoms in total. The molecular formula is C20H27NO2. The van der Waals surface area contributed by atoms with Gasteiger partial charge in [-0.1, -0.05) is 37.5 Å². The zero-order valence-electron chi connectivity index (χ0n) is 14.7. The molecule has 1 aromatic rings. The van der Waals surface area contributed by atoms with Crippen LogP contribution in [0.1, 0.15) is 67.2 Å². The molecule has 1 aromatic carbocycles. The Morgan fingerprint density at radius 2 is 1.65 bits per heavy atom. The van der Waals surface area contributed by atoms with Crippen molar-refractivity contribution in [3.8, 4) is 0 Å². The van der Waals surface area contributed by atoms with Crippen molar-refractivity contribution in [3.05, 3.63) is 34.4 Å². The molecule has 1 N–H and O–H groups in total. The smallest absolute Gasteiger partial charge is 0.235 e. The lowest BCUT2D eigenvalue weighted by atomic mass is 9.74. The molecule has 1 heterocycles. The second-order valence-electron chi connectivity index (χ2n) is 7.41. The fourth-order valence-electron chi connectivity index (χ4n) is 4.91. The first-order chi connectivity index (χ1) is 10.9. The zero-order chi connectivity index (χ0) is 16.8. The van der Waals surface area contributed by atoms with Gasteiger partial charge in [0.25, 0.3) is 0 Å². The number of aryl methyl sites for hydroxylation is 3. The van der Waals surface area contributed by atoms with E-state index in [4.69, 9.17) is 0 Å². The molecule has 2 aliphatic rings.